The first kappa shape index (κ1) is 19.6. The summed E-state index contributed by atoms with van der Waals surface area (Å²) in [6.45, 7) is 8.68. The van der Waals surface area contributed by atoms with Crippen molar-refractivity contribution in [2.24, 2.45) is 13.0 Å². The smallest absolute Gasteiger partial charge is 0.270 e. The Morgan fingerprint density at radius 3 is 2.65 bits per heavy atom. The molecule has 0 saturated carbocycles. The molecule has 1 heterocycles. The number of aliphatic hydroxyl groups is 1. The summed E-state index contributed by atoms with van der Waals surface area (Å²) in [6.07, 6.45) is 7.67. The number of unbranched alkanes of at least 4 members (excludes halogenated alkanes) is 1. The number of hydrogen-bond donors (Lipinski definition) is 2. The van der Waals surface area contributed by atoms with Gasteiger partial charge in [0.2, 0.25) is 0 Å². The van der Waals surface area contributed by atoms with Crippen molar-refractivity contribution in [1.29, 1.82) is 0 Å². The van der Waals surface area contributed by atoms with Crippen molar-refractivity contribution in [1.82, 2.24) is 9.88 Å². The minimum Gasteiger partial charge on any atom is -1.00 e. The summed E-state index contributed by atoms with van der Waals surface area (Å²) < 4.78 is 4.47. The van der Waals surface area contributed by atoms with E-state index in [2.05, 4.69) is 54.7 Å². The highest BCUT2D eigenvalue weighted by atomic mass is 79.9. The molecular weight excluding hydrogens is 318 g/mol. The van der Waals surface area contributed by atoms with Gasteiger partial charge in [0.1, 0.15) is 12.4 Å². The number of halogens is 1. The van der Waals surface area contributed by atoms with E-state index in [1.54, 1.807) is 0 Å². The Morgan fingerprint density at radius 2 is 2.10 bits per heavy atom. The fourth-order valence-corrected chi connectivity index (χ4v) is 2.34. The predicted molar refractivity (Wildman–Crippen MR) is 77.7 cm³/mol. The lowest BCUT2D eigenvalue weighted by Gasteiger charge is -2.17. The molecule has 0 saturated heterocycles. The topological polar surface area (TPSA) is 41.1 Å². The Balaban J connectivity index is 0.00000361. The van der Waals surface area contributed by atoms with Gasteiger partial charge in [-0.25, -0.2) is 9.13 Å². The number of hydrogen-bond acceptors (Lipinski definition) is 2. The van der Waals surface area contributed by atoms with Crippen LogP contribution in [0, 0.1) is 5.92 Å². The first-order valence-corrected chi connectivity index (χ1v) is 7.46. The van der Waals surface area contributed by atoms with Crippen molar-refractivity contribution in [3.63, 3.8) is 0 Å². The molecule has 0 spiro atoms. The third-order valence-electron chi connectivity index (χ3n) is 3.49. The van der Waals surface area contributed by atoms with Gasteiger partial charge in [-0.1, -0.05) is 27.2 Å². The average Bonchev–Trinajstić information content (AvgIpc) is 2.72. The summed E-state index contributed by atoms with van der Waals surface area (Å²) in [5.41, 5.74) is 0. The molecule has 1 aromatic heterocycles. The highest BCUT2D eigenvalue weighted by Gasteiger charge is 2.16. The molecule has 1 aromatic rings. The van der Waals surface area contributed by atoms with E-state index < -0.39 is 0 Å². The van der Waals surface area contributed by atoms with E-state index in [0.29, 0.717) is 5.92 Å². The number of nitrogens with zero attached hydrogens (tertiary/aromatic N) is 2. The maximum absolute atomic E-state index is 9.41. The third-order valence-corrected chi connectivity index (χ3v) is 3.49. The molecule has 0 aliphatic heterocycles. The van der Waals surface area contributed by atoms with Crippen molar-refractivity contribution in [3.05, 3.63) is 18.2 Å². The van der Waals surface area contributed by atoms with Crippen LogP contribution in [0.1, 0.15) is 45.9 Å². The molecule has 2 N–H and O–H groups in total. The van der Waals surface area contributed by atoms with E-state index >= 15 is 0 Å². The number of imidazole rings is 1. The molecule has 0 radical (unpaired) electrons. The Bertz CT molecular complexity index is 366. The molecule has 0 unspecified atom stereocenters. The zero-order chi connectivity index (χ0) is 14.3. The van der Waals surface area contributed by atoms with Crippen molar-refractivity contribution >= 4 is 0 Å². The van der Waals surface area contributed by atoms with Gasteiger partial charge in [0.25, 0.3) is 5.82 Å². The highest BCUT2D eigenvalue weighted by molar-refractivity contribution is 4.84. The van der Waals surface area contributed by atoms with Crippen molar-refractivity contribution in [2.75, 3.05) is 6.61 Å². The number of aryl methyl sites for hydroxylation is 2. The second kappa shape index (κ2) is 10.4. The van der Waals surface area contributed by atoms with Crippen LogP contribution in [0.5, 0.6) is 0 Å². The summed E-state index contributed by atoms with van der Waals surface area (Å²) >= 11 is 0. The van der Waals surface area contributed by atoms with Gasteiger partial charge in [0.15, 0.2) is 0 Å². The van der Waals surface area contributed by atoms with Gasteiger partial charge >= 0.3 is 0 Å². The Kier molecular flexibility index (Phi) is 10.2. The van der Waals surface area contributed by atoms with Crippen LogP contribution in [-0.4, -0.2) is 22.3 Å². The van der Waals surface area contributed by atoms with Gasteiger partial charge in [-0.15, -0.1) is 0 Å². The van der Waals surface area contributed by atoms with E-state index in [0.717, 1.165) is 19.5 Å². The normalized spacial score (nSPS) is 12.5. The first-order valence-electron chi connectivity index (χ1n) is 7.46. The molecule has 4 nitrogen and oxygen atoms in total. The van der Waals surface area contributed by atoms with Crippen molar-refractivity contribution in [3.8, 4) is 0 Å². The van der Waals surface area contributed by atoms with Crippen LogP contribution in [0.2, 0.25) is 0 Å². The lowest BCUT2D eigenvalue weighted by molar-refractivity contribution is -0.679. The van der Waals surface area contributed by atoms with Crippen LogP contribution in [0.25, 0.3) is 0 Å². The van der Waals surface area contributed by atoms with Crippen LogP contribution in [0.15, 0.2) is 12.4 Å². The summed E-state index contributed by atoms with van der Waals surface area (Å²) in [6, 6.07) is 0.189. The zero-order valence-corrected chi connectivity index (χ0v) is 14.9. The predicted octanol–water partition coefficient (Wildman–Crippen LogP) is -1.39. The highest BCUT2D eigenvalue weighted by Crippen LogP contribution is 2.05. The summed E-state index contributed by atoms with van der Waals surface area (Å²) in [5.74, 6) is 1.88. The SMILES string of the molecule is CCCCn1cc[n+](C)c1CN[C@H](CO)CC(C)C.[Br-]. The van der Waals surface area contributed by atoms with E-state index in [1.165, 1.54) is 18.7 Å². The minimum absolute atomic E-state index is 0. The maximum atomic E-state index is 9.41. The van der Waals surface area contributed by atoms with Gasteiger partial charge in [-0.3, -0.25) is 0 Å². The van der Waals surface area contributed by atoms with Crippen molar-refractivity contribution in [2.45, 2.75) is 59.2 Å². The maximum Gasteiger partial charge on any atom is 0.270 e. The number of nitrogens with one attached hydrogen (secondary N) is 1. The van der Waals surface area contributed by atoms with E-state index in [-0.39, 0.29) is 29.6 Å². The summed E-state index contributed by atoms with van der Waals surface area (Å²) in [5, 5.41) is 12.9. The van der Waals surface area contributed by atoms with Crippen LogP contribution in [-0.2, 0) is 20.1 Å². The molecular formula is C15H30BrN3O. The molecule has 20 heavy (non-hydrogen) atoms. The quantitative estimate of drug-likeness (QED) is 0.540. The molecule has 0 aliphatic rings. The molecule has 0 amide bonds. The molecule has 5 heteroatoms. The Hall–Kier alpha value is -0.390. The number of aliphatic hydroxyl groups excluding tert-OH is 1. The van der Waals surface area contributed by atoms with Crippen molar-refractivity contribution < 1.29 is 26.7 Å². The van der Waals surface area contributed by atoms with Gasteiger partial charge in [-0.2, -0.15) is 0 Å². The zero-order valence-electron chi connectivity index (χ0n) is 13.3. The van der Waals surface area contributed by atoms with E-state index in [4.69, 9.17) is 0 Å². The third kappa shape index (κ3) is 6.37. The second-order valence-electron chi connectivity index (χ2n) is 5.76. The molecule has 0 aromatic carbocycles. The molecule has 0 fully saturated rings. The monoisotopic (exact) mass is 347 g/mol. The van der Waals surface area contributed by atoms with Gasteiger partial charge < -0.3 is 27.4 Å². The number of aromatic nitrogens is 2. The van der Waals surface area contributed by atoms with Crippen LogP contribution >= 0.6 is 0 Å². The Morgan fingerprint density at radius 1 is 1.40 bits per heavy atom. The standard InChI is InChI=1S/C15H30N3O.BrH/c1-5-6-7-18-9-8-17(4)15(18)11-16-14(12-19)10-13(2)3;/h8-9,13-14,16,19H,5-7,10-12H2,1-4H3;1H/q+1;/p-1/t14-;/m0./s1. The second-order valence-corrected chi connectivity index (χ2v) is 5.76. The van der Waals surface area contributed by atoms with Crippen LogP contribution in [0.4, 0.5) is 0 Å². The number of rotatable bonds is 9. The fraction of sp³-hybridized carbons (Fsp3) is 0.800. The minimum atomic E-state index is 0. The van der Waals surface area contributed by atoms with E-state index in [1.807, 2.05) is 0 Å². The Labute approximate surface area is 134 Å². The summed E-state index contributed by atoms with van der Waals surface area (Å²) in [7, 11) is 2.08. The average molecular weight is 348 g/mol. The lowest BCUT2D eigenvalue weighted by Crippen LogP contribution is -3.00. The van der Waals surface area contributed by atoms with Gasteiger partial charge in [0, 0.05) is 6.04 Å². The van der Waals surface area contributed by atoms with Crippen LogP contribution < -0.4 is 26.9 Å². The molecule has 0 aliphatic carbocycles. The molecule has 1 atom stereocenters. The lowest BCUT2D eigenvalue weighted by atomic mass is 10.0. The molecule has 118 valence electrons. The first-order chi connectivity index (χ1) is 9.08. The summed E-state index contributed by atoms with van der Waals surface area (Å²) in [4.78, 5) is 0. The van der Waals surface area contributed by atoms with Crippen LogP contribution in [0.3, 0.4) is 0 Å². The van der Waals surface area contributed by atoms with E-state index in [9.17, 15) is 5.11 Å². The fourth-order valence-electron chi connectivity index (χ4n) is 2.34. The molecule has 1 rings (SSSR count). The molecule has 0 bridgehead atoms. The largest absolute Gasteiger partial charge is 1.00 e. The van der Waals surface area contributed by atoms with Gasteiger partial charge in [-0.05, 0) is 18.8 Å². The van der Waals surface area contributed by atoms with Gasteiger partial charge in [0.05, 0.1) is 26.7 Å².